The summed E-state index contributed by atoms with van der Waals surface area (Å²) in [6.07, 6.45) is 4.82. The summed E-state index contributed by atoms with van der Waals surface area (Å²) in [4.78, 5) is 21.5. The van der Waals surface area contributed by atoms with E-state index >= 15 is 0 Å². The van der Waals surface area contributed by atoms with Crippen molar-refractivity contribution in [2.45, 2.75) is 59.3 Å². The monoisotopic (exact) mass is 497 g/mol. The van der Waals surface area contributed by atoms with Crippen LogP contribution in [-0.4, -0.2) is 43.3 Å². The van der Waals surface area contributed by atoms with Crippen molar-refractivity contribution in [3.63, 3.8) is 0 Å². The number of ketones is 1. The molecular weight excluding hydrogens is 454 g/mol. The number of aliphatic imine (C=N–C) groups is 1. The second kappa shape index (κ2) is 20.8. The standard InChI is InChI=1S/C17H16N2S.C8H15NO2.2C2H6/c1-3-13-11-20-15-9-5-4-8-14(15)17(19-13)16-12(2)7-6-10-18-16;1-3-4-8(10)7-9-5-6-11-2;2*1-2/h4-11H,3H2,1-2H3;3,9H,1,4-7H2,2H3;2*1-2H3. The molecule has 0 saturated carbocycles. The van der Waals surface area contributed by atoms with Crippen molar-refractivity contribution in [3.8, 4) is 0 Å². The number of carbonyl (C=O) groups is 1. The smallest absolute Gasteiger partial charge is 0.150 e. The van der Waals surface area contributed by atoms with Gasteiger partial charge in [-0.1, -0.05) is 76.7 Å². The lowest BCUT2D eigenvalue weighted by Gasteiger charge is -2.10. The minimum Gasteiger partial charge on any atom is -0.383 e. The molecule has 0 unspecified atom stereocenters. The van der Waals surface area contributed by atoms with Gasteiger partial charge in [-0.05, 0) is 36.4 Å². The lowest BCUT2D eigenvalue weighted by molar-refractivity contribution is -0.117. The zero-order valence-electron chi connectivity index (χ0n) is 22.6. The molecule has 35 heavy (non-hydrogen) atoms. The number of allylic oxidation sites excluding steroid dienone is 2. The highest BCUT2D eigenvalue weighted by molar-refractivity contribution is 8.02. The first-order chi connectivity index (χ1) is 17.1. The SMILES string of the molecule is C=CCC(=O)CNCCOC.CC.CC.CCC1=CSc2ccccc2C(c2ncccc2C)=N1. The van der Waals surface area contributed by atoms with Crippen molar-refractivity contribution in [3.05, 3.63) is 83.2 Å². The van der Waals surface area contributed by atoms with E-state index in [1.54, 1.807) is 24.9 Å². The predicted molar refractivity (Wildman–Crippen MR) is 153 cm³/mol. The van der Waals surface area contributed by atoms with Crippen molar-refractivity contribution >= 4 is 23.3 Å². The molecule has 0 aliphatic carbocycles. The van der Waals surface area contributed by atoms with Gasteiger partial charge >= 0.3 is 0 Å². The van der Waals surface area contributed by atoms with E-state index in [2.05, 4.69) is 66.5 Å². The summed E-state index contributed by atoms with van der Waals surface area (Å²) in [5, 5.41) is 5.09. The van der Waals surface area contributed by atoms with Crippen LogP contribution in [0.4, 0.5) is 0 Å². The van der Waals surface area contributed by atoms with E-state index in [1.165, 1.54) is 10.5 Å². The van der Waals surface area contributed by atoms with Gasteiger partial charge in [0.25, 0.3) is 0 Å². The summed E-state index contributed by atoms with van der Waals surface area (Å²) in [6, 6.07) is 12.4. The maximum atomic E-state index is 10.8. The molecule has 0 spiro atoms. The molecule has 3 rings (SSSR count). The van der Waals surface area contributed by atoms with Crippen molar-refractivity contribution in [1.29, 1.82) is 0 Å². The van der Waals surface area contributed by atoms with Crippen LogP contribution in [0.3, 0.4) is 0 Å². The van der Waals surface area contributed by atoms with Crippen LogP contribution in [0, 0.1) is 6.92 Å². The van der Waals surface area contributed by atoms with E-state index in [9.17, 15) is 4.79 Å². The lowest BCUT2D eigenvalue weighted by Crippen LogP contribution is -2.25. The Morgan fingerprint density at radius 1 is 1.14 bits per heavy atom. The third kappa shape index (κ3) is 12.1. The summed E-state index contributed by atoms with van der Waals surface area (Å²) >= 11 is 1.74. The first-order valence-corrected chi connectivity index (χ1v) is 13.3. The van der Waals surface area contributed by atoms with Crippen molar-refractivity contribution in [1.82, 2.24) is 10.3 Å². The lowest BCUT2D eigenvalue weighted by atomic mass is 10.0. The fourth-order valence-corrected chi connectivity index (χ4v) is 3.77. The number of Topliss-reactive ketones (excluding diaryl/α,β-unsaturated/α-hetero) is 1. The molecule has 1 aromatic heterocycles. The minimum atomic E-state index is 0.163. The summed E-state index contributed by atoms with van der Waals surface area (Å²) < 4.78 is 4.79. The van der Waals surface area contributed by atoms with E-state index in [4.69, 9.17) is 9.73 Å². The molecule has 0 saturated heterocycles. The van der Waals surface area contributed by atoms with Crippen LogP contribution in [0.1, 0.15) is 64.3 Å². The number of benzene rings is 1. The number of aryl methyl sites for hydroxylation is 1. The molecule has 0 bridgehead atoms. The highest BCUT2D eigenvalue weighted by atomic mass is 32.2. The Hall–Kier alpha value is -2.54. The Morgan fingerprint density at radius 3 is 2.49 bits per heavy atom. The molecule has 6 heteroatoms. The van der Waals surface area contributed by atoms with Crippen LogP contribution in [0.2, 0.25) is 0 Å². The summed E-state index contributed by atoms with van der Waals surface area (Å²) in [5.41, 5.74) is 5.38. The van der Waals surface area contributed by atoms with Crippen LogP contribution in [0.15, 0.2) is 76.2 Å². The molecular formula is C29H43N3O2S. The van der Waals surface area contributed by atoms with Gasteiger partial charge in [-0.25, -0.2) is 4.99 Å². The minimum absolute atomic E-state index is 0.163. The van der Waals surface area contributed by atoms with E-state index < -0.39 is 0 Å². The number of ether oxygens (including phenoxy) is 1. The molecule has 192 valence electrons. The molecule has 0 fully saturated rings. The number of rotatable bonds is 9. The molecule has 5 nitrogen and oxygen atoms in total. The highest BCUT2D eigenvalue weighted by Crippen LogP contribution is 2.31. The molecule has 2 aromatic rings. The molecule has 1 aromatic carbocycles. The normalized spacial score (nSPS) is 11.4. The largest absolute Gasteiger partial charge is 0.383 e. The van der Waals surface area contributed by atoms with Gasteiger partial charge in [-0.3, -0.25) is 9.78 Å². The van der Waals surface area contributed by atoms with Gasteiger partial charge in [-0.15, -0.1) is 6.58 Å². The van der Waals surface area contributed by atoms with Crippen molar-refractivity contribution in [2.24, 2.45) is 4.99 Å². The number of fused-ring (bicyclic) bond motifs is 1. The average molecular weight is 498 g/mol. The number of carbonyl (C=O) groups excluding carboxylic acids is 1. The van der Waals surface area contributed by atoms with Crippen LogP contribution in [-0.2, 0) is 9.53 Å². The second-order valence-electron chi connectivity index (χ2n) is 6.91. The Morgan fingerprint density at radius 2 is 1.86 bits per heavy atom. The maximum absolute atomic E-state index is 10.8. The van der Waals surface area contributed by atoms with Gasteiger partial charge in [0.1, 0.15) is 5.78 Å². The molecule has 1 N–H and O–H groups in total. The summed E-state index contributed by atoms with van der Waals surface area (Å²) in [7, 11) is 1.63. The Labute approximate surface area is 217 Å². The quantitative estimate of drug-likeness (QED) is 0.298. The first kappa shape index (κ1) is 32.5. The average Bonchev–Trinajstić information content (AvgIpc) is 3.09. The summed E-state index contributed by atoms with van der Waals surface area (Å²) in [5.74, 6) is 0.163. The van der Waals surface area contributed by atoms with Gasteiger partial charge in [0.2, 0.25) is 0 Å². The number of aromatic nitrogens is 1. The molecule has 0 radical (unpaired) electrons. The first-order valence-electron chi connectivity index (χ1n) is 12.4. The van der Waals surface area contributed by atoms with E-state index in [0.29, 0.717) is 19.6 Å². The molecule has 0 atom stereocenters. The van der Waals surface area contributed by atoms with Gasteiger partial charge in [0.15, 0.2) is 0 Å². The fourth-order valence-electron chi connectivity index (χ4n) is 2.84. The molecule has 0 amide bonds. The Balaban J connectivity index is 0.000000661. The number of hydrogen-bond acceptors (Lipinski definition) is 6. The number of pyridine rings is 1. The number of thioether (sulfide) groups is 1. The highest BCUT2D eigenvalue weighted by Gasteiger charge is 2.17. The van der Waals surface area contributed by atoms with Gasteiger partial charge < -0.3 is 10.1 Å². The van der Waals surface area contributed by atoms with E-state index in [-0.39, 0.29) is 5.78 Å². The van der Waals surface area contributed by atoms with Crippen molar-refractivity contribution in [2.75, 3.05) is 26.8 Å². The molecule has 2 heterocycles. The van der Waals surface area contributed by atoms with Crippen LogP contribution < -0.4 is 5.32 Å². The fraction of sp³-hybridized carbons (Fsp3) is 0.414. The van der Waals surface area contributed by atoms with Gasteiger partial charge in [-0.2, -0.15) is 0 Å². The van der Waals surface area contributed by atoms with Crippen LogP contribution >= 0.6 is 11.8 Å². The van der Waals surface area contributed by atoms with Gasteiger partial charge in [0.05, 0.1) is 24.6 Å². The number of nitrogens with zero attached hydrogens (tertiary/aromatic N) is 2. The third-order valence-electron chi connectivity index (χ3n) is 4.49. The Bertz CT molecular complexity index is 939. The topological polar surface area (TPSA) is 63.6 Å². The Kier molecular flexibility index (Phi) is 19.3. The number of hydrogen-bond donors (Lipinski definition) is 1. The number of methoxy groups -OCH3 is 1. The predicted octanol–water partition coefficient (Wildman–Crippen LogP) is 7.00. The summed E-state index contributed by atoms with van der Waals surface area (Å²) in [6.45, 7) is 17.5. The molecule has 1 aliphatic heterocycles. The van der Waals surface area contributed by atoms with Crippen LogP contribution in [0.25, 0.3) is 0 Å². The second-order valence-corrected chi connectivity index (χ2v) is 7.82. The van der Waals surface area contributed by atoms with Crippen molar-refractivity contribution < 1.29 is 9.53 Å². The maximum Gasteiger partial charge on any atom is 0.150 e. The zero-order valence-corrected chi connectivity index (χ0v) is 23.4. The van der Waals surface area contributed by atoms with E-state index in [0.717, 1.165) is 35.6 Å². The zero-order chi connectivity index (χ0) is 26.5. The van der Waals surface area contributed by atoms with Gasteiger partial charge in [0, 0.05) is 42.4 Å². The third-order valence-corrected chi connectivity index (χ3v) is 5.49. The van der Waals surface area contributed by atoms with E-state index in [1.807, 2.05) is 40.0 Å². The van der Waals surface area contributed by atoms with Crippen LogP contribution in [0.5, 0.6) is 0 Å². The number of nitrogens with one attached hydrogen (secondary N) is 1. The molecule has 1 aliphatic rings.